The lowest BCUT2D eigenvalue weighted by molar-refractivity contribution is 0.0939. The normalized spacial score (nSPS) is 11.9. The summed E-state index contributed by atoms with van der Waals surface area (Å²) in [5.41, 5.74) is 7.77. The van der Waals surface area contributed by atoms with Crippen LogP contribution in [0.25, 0.3) is 0 Å². The number of nitrogens with two attached hydrogens (primary N) is 1. The highest BCUT2D eigenvalue weighted by Crippen LogP contribution is 2.21. The van der Waals surface area contributed by atoms with Crippen LogP contribution in [0.2, 0.25) is 5.02 Å². The Hall–Kier alpha value is -1.52. The van der Waals surface area contributed by atoms with Gasteiger partial charge in [-0.2, -0.15) is 0 Å². The van der Waals surface area contributed by atoms with E-state index in [0.29, 0.717) is 20.7 Å². The van der Waals surface area contributed by atoms with Gasteiger partial charge in [-0.25, -0.2) is 0 Å². The molecule has 1 atom stereocenters. The highest BCUT2D eigenvalue weighted by Gasteiger charge is 2.14. The molecule has 0 aliphatic heterocycles. The number of nitrogens with one attached hydrogen (secondary N) is 1. The number of carbonyl (C=O) groups is 1. The molecule has 0 heterocycles. The minimum atomic E-state index is -0.174. The fraction of sp³-hybridized carbons (Fsp3) is 0.133. The van der Waals surface area contributed by atoms with E-state index >= 15 is 0 Å². The second-order valence-electron chi connectivity index (χ2n) is 4.49. The zero-order valence-electron chi connectivity index (χ0n) is 10.9. The van der Waals surface area contributed by atoms with E-state index in [1.165, 1.54) is 0 Å². The SMILES string of the molecule is C[C@@H](NC(=O)c1cc(N)ccc1Br)c1ccc(Cl)cc1. The molecule has 2 aromatic rings. The molecule has 5 heteroatoms. The summed E-state index contributed by atoms with van der Waals surface area (Å²) in [5, 5.41) is 3.60. The second kappa shape index (κ2) is 6.29. The van der Waals surface area contributed by atoms with E-state index in [4.69, 9.17) is 17.3 Å². The lowest BCUT2D eigenvalue weighted by Crippen LogP contribution is -2.27. The van der Waals surface area contributed by atoms with Crippen molar-refractivity contribution in [2.24, 2.45) is 0 Å². The van der Waals surface area contributed by atoms with E-state index in [9.17, 15) is 4.79 Å². The molecule has 0 fully saturated rings. The Labute approximate surface area is 131 Å². The first kappa shape index (κ1) is 14.9. The van der Waals surface area contributed by atoms with Crippen LogP contribution in [0.4, 0.5) is 5.69 Å². The second-order valence-corrected chi connectivity index (χ2v) is 5.78. The molecule has 1 amide bonds. The van der Waals surface area contributed by atoms with E-state index in [0.717, 1.165) is 5.56 Å². The summed E-state index contributed by atoms with van der Waals surface area (Å²) in [7, 11) is 0. The van der Waals surface area contributed by atoms with Gasteiger partial charge in [0, 0.05) is 15.2 Å². The molecule has 0 radical (unpaired) electrons. The molecule has 0 aliphatic carbocycles. The number of benzene rings is 2. The van der Waals surface area contributed by atoms with Gasteiger partial charge in [0.2, 0.25) is 0 Å². The van der Waals surface area contributed by atoms with Gasteiger partial charge in [0.05, 0.1) is 11.6 Å². The Morgan fingerprint density at radius 2 is 1.90 bits per heavy atom. The highest BCUT2D eigenvalue weighted by molar-refractivity contribution is 9.10. The molecule has 3 N–H and O–H groups in total. The predicted octanol–water partition coefficient (Wildman–Crippen LogP) is 4.18. The van der Waals surface area contributed by atoms with Crippen LogP contribution in [0, 0.1) is 0 Å². The van der Waals surface area contributed by atoms with Crippen LogP contribution < -0.4 is 11.1 Å². The summed E-state index contributed by atoms with van der Waals surface area (Å²) >= 11 is 9.20. The zero-order valence-corrected chi connectivity index (χ0v) is 13.2. The number of nitrogen functional groups attached to an aromatic ring is 1. The van der Waals surface area contributed by atoms with Crippen molar-refractivity contribution in [1.29, 1.82) is 0 Å². The fourth-order valence-electron chi connectivity index (χ4n) is 1.83. The van der Waals surface area contributed by atoms with E-state index < -0.39 is 0 Å². The molecule has 0 saturated carbocycles. The average Bonchev–Trinajstić information content (AvgIpc) is 2.42. The smallest absolute Gasteiger partial charge is 0.252 e. The molecule has 2 rings (SSSR count). The van der Waals surface area contributed by atoms with Crippen molar-refractivity contribution < 1.29 is 4.79 Å². The van der Waals surface area contributed by atoms with Gasteiger partial charge in [-0.3, -0.25) is 4.79 Å². The van der Waals surface area contributed by atoms with Gasteiger partial charge in [0.25, 0.3) is 5.91 Å². The summed E-state index contributed by atoms with van der Waals surface area (Å²) in [5.74, 6) is -0.174. The minimum Gasteiger partial charge on any atom is -0.399 e. The number of hydrogen-bond acceptors (Lipinski definition) is 2. The molecule has 2 aromatic carbocycles. The van der Waals surface area contributed by atoms with Gasteiger partial charge in [-0.15, -0.1) is 0 Å². The standard InChI is InChI=1S/C15H14BrClN2O/c1-9(10-2-4-11(17)5-3-10)19-15(20)13-8-12(18)6-7-14(13)16/h2-9H,18H2,1H3,(H,19,20)/t9-/m1/s1. The topological polar surface area (TPSA) is 55.1 Å². The highest BCUT2D eigenvalue weighted by atomic mass is 79.9. The van der Waals surface area contributed by atoms with Crippen LogP contribution in [-0.4, -0.2) is 5.91 Å². The number of carbonyl (C=O) groups excluding carboxylic acids is 1. The first-order chi connectivity index (χ1) is 9.47. The fourth-order valence-corrected chi connectivity index (χ4v) is 2.38. The van der Waals surface area contributed by atoms with Crippen LogP contribution >= 0.6 is 27.5 Å². The average molecular weight is 354 g/mol. The van der Waals surface area contributed by atoms with Crippen molar-refractivity contribution in [3.63, 3.8) is 0 Å². The molecule has 20 heavy (non-hydrogen) atoms. The van der Waals surface area contributed by atoms with Crippen LogP contribution in [0.15, 0.2) is 46.9 Å². The molecule has 0 spiro atoms. The number of amides is 1. The summed E-state index contributed by atoms with van der Waals surface area (Å²) in [4.78, 5) is 12.2. The molecule has 104 valence electrons. The first-order valence-electron chi connectivity index (χ1n) is 6.08. The van der Waals surface area contributed by atoms with Crippen molar-refractivity contribution in [3.8, 4) is 0 Å². The Morgan fingerprint density at radius 3 is 2.55 bits per heavy atom. The van der Waals surface area contributed by atoms with Gasteiger partial charge in [-0.05, 0) is 58.7 Å². The quantitative estimate of drug-likeness (QED) is 0.813. The van der Waals surface area contributed by atoms with Crippen molar-refractivity contribution in [3.05, 3.63) is 63.1 Å². The van der Waals surface area contributed by atoms with E-state index in [1.54, 1.807) is 30.3 Å². The van der Waals surface area contributed by atoms with E-state index in [2.05, 4.69) is 21.2 Å². The van der Waals surface area contributed by atoms with Gasteiger partial charge >= 0.3 is 0 Å². The lowest BCUT2D eigenvalue weighted by atomic mass is 10.1. The summed E-state index contributed by atoms with van der Waals surface area (Å²) in [6.07, 6.45) is 0. The molecular weight excluding hydrogens is 340 g/mol. The maximum Gasteiger partial charge on any atom is 0.252 e. The molecule has 3 nitrogen and oxygen atoms in total. The molecule has 0 unspecified atom stereocenters. The summed E-state index contributed by atoms with van der Waals surface area (Å²) in [6, 6.07) is 12.4. The number of anilines is 1. The molecular formula is C15H14BrClN2O. The Kier molecular flexibility index (Phi) is 4.68. The summed E-state index contributed by atoms with van der Waals surface area (Å²) < 4.78 is 0.715. The number of rotatable bonds is 3. The molecule has 0 saturated heterocycles. The van der Waals surface area contributed by atoms with Gasteiger partial charge in [-0.1, -0.05) is 23.7 Å². The van der Waals surface area contributed by atoms with Gasteiger partial charge in [0.15, 0.2) is 0 Å². The monoisotopic (exact) mass is 352 g/mol. The third-order valence-corrected chi connectivity index (χ3v) is 3.90. The van der Waals surface area contributed by atoms with Gasteiger partial charge in [0.1, 0.15) is 0 Å². The third-order valence-electron chi connectivity index (χ3n) is 2.95. The molecule has 0 aliphatic rings. The predicted molar refractivity (Wildman–Crippen MR) is 85.9 cm³/mol. The van der Waals surface area contributed by atoms with E-state index in [1.807, 2.05) is 19.1 Å². The van der Waals surface area contributed by atoms with Gasteiger partial charge < -0.3 is 11.1 Å². The zero-order chi connectivity index (χ0) is 14.7. The lowest BCUT2D eigenvalue weighted by Gasteiger charge is -2.15. The van der Waals surface area contributed by atoms with Crippen LogP contribution in [0.1, 0.15) is 28.9 Å². The maximum absolute atomic E-state index is 12.2. The summed E-state index contributed by atoms with van der Waals surface area (Å²) in [6.45, 7) is 1.92. The van der Waals surface area contributed by atoms with Crippen molar-refractivity contribution in [1.82, 2.24) is 5.32 Å². The van der Waals surface area contributed by atoms with Crippen molar-refractivity contribution in [2.45, 2.75) is 13.0 Å². The minimum absolute atomic E-state index is 0.118. The van der Waals surface area contributed by atoms with Crippen molar-refractivity contribution >= 4 is 39.1 Å². The Morgan fingerprint density at radius 1 is 1.25 bits per heavy atom. The molecule has 0 bridgehead atoms. The number of halogens is 2. The Bertz CT molecular complexity index is 628. The largest absolute Gasteiger partial charge is 0.399 e. The van der Waals surface area contributed by atoms with Crippen molar-refractivity contribution in [2.75, 3.05) is 5.73 Å². The van der Waals surface area contributed by atoms with E-state index in [-0.39, 0.29) is 11.9 Å². The first-order valence-corrected chi connectivity index (χ1v) is 7.26. The maximum atomic E-state index is 12.2. The van der Waals surface area contributed by atoms with Crippen LogP contribution in [0.3, 0.4) is 0 Å². The van der Waals surface area contributed by atoms with Crippen LogP contribution in [0.5, 0.6) is 0 Å². The Balaban J connectivity index is 2.15. The number of hydrogen-bond donors (Lipinski definition) is 2. The third kappa shape index (κ3) is 3.52. The van der Waals surface area contributed by atoms with Crippen LogP contribution in [-0.2, 0) is 0 Å². The molecule has 0 aromatic heterocycles.